The highest BCUT2D eigenvalue weighted by molar-refractivity contribution is 7.18. The molecule has 0 radical (unpaired) electrons. The highest BCUT2D eigenvalue weighted by atomic mass is 32.1. The molecule has 2 aromatic heterocycles. The number of nitrogens with one attached hydrogen (secondary N) is 2. The number of carbonyl (C=O) groups is 2. The van der Waals surface area contributed by atoms with E-state index in [0.717, 1.165) is 31.7 Å². The van der Waals surface area contributed by atoms with Gasteiger partial charge >= 0.3 is 0 Å². The van der Waals surface area contributed by atoms with Crippen LogP contribution in [-0.2, 0) is 4.79 Å². The number of amides is 2. The predicted octanol–water partition coefficient (Wildman–Crippen LogP) is 3.34. The SMILES string of the molecule is O=C(Nc1ccc(N2CCCC2)nc1)c1ccc(NC(=O)C2CC2)s1. The summed E-state index contributed by atoms with van der Waals surface area (Å²) in [6, 6.07) is 7.32. The van der Waals surface area contributed by atoms with Crippen molar-refractivity contribution in [2.75, 3.05) is 28.6 Å². The number of nitrogens with zero attached hydrogens (tertiary/aromatic N) is 2. The maximum atomic E-state index is 12.3. The van der Waals surface area contributed by atoms with Gasteiger partial charge in [0.2, 0.25) is 5.91 Å². The molecule has 0 spiro atoms. The minimum absolute atomic E-state index is 0.0514. The fraction of sp³-hybridized carbons (Fsp3) is 0.389. The van der Waals surface area contributed by atoms with E-state index in [1.807, 2.05) is 12.1 Å². The number of carbonyl (C=O) groups excluding carboxylic acids is 2. The van der Waals surface area contributed by atoms with Crippen molar-refractivity contribution in [3.8, 4) is 0 Å². The van der Waals surface area contributed by atoms with E-state index >= 15 is 0 Å². The molecular formula is C18H20N4O2S. The highest BCUT2D eigenvalue weighted by Crippen LogP contribution is 2.31. The van der Waals surface area contributed by atoms with Gasteiger partial charge in [-0.2, -0.15) is 0 Å². The van der Waals surface area contributed by atoms with Crippen LogP contribution in [0.1, 0.15) is 35.4 Å². The minimum Gasteiger partial charge on any atom is -0.357 e. The van der Waals surface area contributed by atoms with Gasteiger partial charge in [-0.25, -0.2) is 4.98 Å². The lowest BCUT2D eigenvalue weighted by molar-refractivity contribution is -0.117. The zero-order valence-corrected chi connectivity index (χ0v) is 14.6. The third kappa shape index (κ3) is 3.82. The predicted molar refractivity (Wildman–Crippen MR) is 99.3 cm³/mol. The van der Waals surface area contributed by atoms with Crippen LogP contribution in [0.2, 0.25) is 0 Å². The highest BCUT2D eigenvalue weighted by Gasteiger charge is 2.29. The first-order valence-electron chi connectivity index (χ1n) is 8.62. The molecule has 1 aliphatic carbocycles. The van der Waals surface area contributed by atoms with Gasteiger partial charge in [-0.05, 0) is 49.9 Å². The normalized spacial score (nSPS) is 16.7. The molecule has 25 heavy (non-hydrogen) atoms. The standard InChI is InChI=1S/C18H20N4O2S/c23-17(12-3-4-12)21-16-8-6-14(25-16)18(24)20-13-5-7-15(19-11-13)22-9-1-2-10-22/h5-8,11-12H,1-4,9-10H2,(H,20,24)(H,21,23). The van der Waals surface area contributed by atoms with Crippen LogP contribution < -0.4 is 15.5 Å². The van der Waals surface area contributed by atoms with Gasteiger partial charge in [-0.3, -0.25) is 9.59 Å². The molecular weight excluding hydrogens is 336 g/mol. The van der Waals surface area contributed by atoms with E-state index < -0.39 is 0 Å². The van der Waals surface area contributed by atoms with Gasteiger partial charge < -0.3 is 15.5 Å². The lowest BCUT2D eigenvalue weighted by Crippen LogP contribution is -2.19. The van der Waals surface area contributed by atoms with E-state index in [2.05, 4.69) is 20.5 Å². The third-order valence-corrected chi connectivity index (χ3v) is 5.46. The largest absolute Gasteiger partial charge is 0.357 e. The Balaban J connectivity index is 1.36. The van der Waals surface area contributed by atoms with Crippen LogP contribution in [0.15, 0.2) is 30.5 Å². The topological polar surface area (TPSA) is 74.3 Å². The van der Waals surface area contributed by atoms with Crippen molar-refractivity contribution in [1.29, 1.82) is 0 Å². The van der Waals surface area contributed by atoms with E-state index in [-0.39, 0.29) is 17.7 Å². The quantitative estimate of drug-likeness (QED) is 0.862. The van der Waals surface area contributed by atoms with Gasteiger partial charge in [0.15, 0.2) is 0 Å². The molecule has 2 aliphatic rings. The Morgan fingerprint density at radius 3 is 2.56 bits per heavy atom. The third-order valence-electron chi connectivity index (χ3n) is 4.46. The molecule has 3 heterocycles. The summed E-state index contributed by atoms with van der Waals surface area (Å²) in [6.07, 6.45) is 6.03. The number of thiophene rings is 1. The van der Waals surface area contributed by atoms with Crippen molar-refractivity contribution in [2.24, 2.45) is 5.92 Å². The van der Waals surface area contributed by atoms with Crippen LogP contribution in [0.5, 0.6) is 0 Å². The van der Waals surface area contributed by atoms with Gasteiger partial charge in [0.1, 0.15) is 5.82 Å². The maximum absolute atomic E-state index is 12.3. The molecule has 1 saturated heterocycles. The summed E-state index contributed by atoms with van der Waals surface area (Å²) < 4.78 is 0. The summed E-state index contributed by atoms with van der Waals surface area (Å²) in [5.41, 5.74) is 0.671. The van der Waals surface area contributed by atoms with Crippen LogP contribution in [-0.4, -0.2) is 29.9 Å². The summed E-state index contributed by atoms with van der Waals surface area (Å²) in [5, 5.41) is 6.43. The van der Waals surface area contributed by atoms with Gasteiger partial charge in [-0.1, -0.05) is 0 Å². The van der Waals surface area contributed by atoms with E-state index in [1.165, 1.54) is 24.2 Å². The first-order chi connectivity index (χ1) is 12.2. The molecule has 6 nitrogen and oxygen atoms in total. The summed E-state index contributed by atoms with van der Waals surface area (Å²) in [5.74, 6) is 0.972. The molecule has 2 amide bonds. The van der Waals surface area contributed by atoms with E-state index in [0.29, 0.717) is 15.6 Å². The number of aromatic nitrogens is 1. The number of hydrogen-bond acceptors (Lipinski definition) is 5. The first-order valence-corrected chi connectivity index (χ1v) is 9.44. The Hall–Kier alpha value is -2.41. The van der Waals surface area contributed by atoms with Crippen LogP contribution >= 0.6 is 11.3 Å². The molecule has 0 bridgehead atoms. The monoisotopic (exact) mass is 356 g/mol. The fourth-order valence-corrected chi connectivity index (χ4v) is 3.69. The zero-order valence-electron chi connectivity index (χ0n) is 13.8. The molecule has 130 valence electrons. The number of hydrogen-bond donors (Lipinski definition) is 2. The second-order valence-corrected chi connectivity index (χ2v) is 7.56. The summed E-state index contributed by atoms with van der Waals surface area (Å²) in [7, 11) is 0. The summed E-state index contributed by atoms with van der Waals surface area (Å²) in [6.45, 7) is 2.09. The van der Waals surface area contributed by atoms with Crippen molar-refractivity contribution >= 4 is 39.7 Å². The molecule has 2 N–H and O–H groups in total. The van der Waals surface area contributed by atoms with Gasteiger partial charge in [-0.15, -0.1) is 11.3 Å². The van der Waals surface area contributed by atoms with E-state index in [9.17, 15) is 9.59 Å². The summed E-state index contributed by atoms with van der Waals surface area (Å²) in [4.78, 5) is 31.4. The van der Waals surface area contributed by atoms with Crippen molar-refractivity contribution in [3.05, 3.63) is 35.3 Å². The maximum Gasteiger partial charge on any atom is 0.265 e. The fourth-order valence-electron chi connectivity index (χ4n) is 2.88. The first kappa shape index (κ1) is 16.1. The Kier molecular flexibility index (Phi) is 4.40. The zero-order chi connectivity index (χ0) is 17.2. The summed E-state index contributed by atoms with van der Waals surface area (Å²) >= 11 is 1.28. The molecule has 1 aliphatic heterocycles. The lowest BCUT2D eigenvalue weighted by Gasteiger charge is -2.16. The minimum atomic E-state index is -0.187. The van der Waals surface area contributed by atoms with Gasteiger partial charge in [0.05, 0.1) is 21.8 Å². The van der Waals surface area contributed by atoms with Crippen LogP contribution in [0, 0.1) is 5.92 Å². The van der Waals surface area contributed by atoms with Crippen LogP contribution in [0.3, 0.4) is 0 Å². The average Bonchev–Trinajstić information content (AvgIpc) is 3.13. The Bertz CT molecular complexity index is 777. The molecule has 1 saturated carbocycles. The molecule has 7 heteroatoms. The van der Waals surface area contributed by atoms with Crippen molar-refractivity contribution in [1.82, 2.24) is 4.98 Å². The molecule has 2 fully saturated rings. The lowest BCUT2D eigenvalue weighted by atomic mass is 10.3. The number of anilines is 3. The van der Waals surface area contributed by atoms with Crippen LogP contribution in [0.25, 0.3) is 0 Å². The van der Waals surface area contributed by atoms with Crippen molar-refractivity contribution in [3.63, 3.8) is 0 Å². The van der Waals surface area contributed by atoms with Crippen molar-refractivity contribution < 1.29 is 9.59 Å². The average molecular weight is 356 g/mol. The Labute approximate surface area is 150 Å². The second kappa shape index (κ2) is 6.84. The van der Waals surface area contributed by atoms with Crippen molar-refractivity contribution in [2.45, 2.75) is 25.7 Å². The van der Waals surface area contributed by atoms with E-state index in [4.69, 9.17) is 0 Å². The van der Waals surface area contributed by atoms with Gasteiger partial charge in [0.25, 0.3) is 5.91 Å². The Morgan fingerprint density at radius 2 is 1.88 bits per heavy atom. The molecule has 2 aromatic rings. The smallest absolute Gasteiger partial charge is 0.265 e. The van der Waals surface area contributed by atoms with Crippen LogP contribution in [0.4, 0.5) is 16.5 Å². The van der Waals surface area contributed by atoms with E-state index in [1.54, 1.807) is 18.3 Å². The number of rotatable bonds is 5. The number of pyridine rings is 1. The second-order valence-electron chi connectivity index (χ2n) is 6.48. The molecule has 0 atom stereocenters. The molecule has 0 aromatic carbocycles. The molecule has 4 rings (SSSR count). The molecule has 0 unspecified atom stereocenters. The van der Waals surface area contributed by atoms with Gasteiger partial charge in [0, 0.05) is 19.0 Å². The Morgan fingerprint density at radius 1 is 1.08 bits per heavy atom.